The first-order valence-corrected chi connectivity index (χ1v) is 4.37. The molecule has 0 aliphatic rings. The molecule has 0 saturated heterocycles. The summed E-state index contributed by atoms with van der Waals surface area (Å²) in [6.45, 7) is 1.74. The van der Waals surface area contributed by atoms with Gasteiger partial charge in [-0.3, -0.25) is 14.6 Å². The van der Waals surface area contributed by atoms with Crippen LogP contribution in [0.4, 0.5) is 0 Å². The largest absolute Gasteiger partial charge is 0.481 e. The third-order valence-corrected chi connectivity index (χ3v) is 1.95. The van der Waals surface area contributed by atoms with Crippen LogP contribution in [0.2, 0.25) is 0 Å². The molecule has 1 rings (SSSR count). The second-order valence-corrected chi connectivity index (χ2v) is 3.24. The van der Waals surface area contributed by atoms with Crippen LogP contribution in [-0.4, -0.2) is 27.1 Å². The molecule has 0 saturated carbocycles. The number of hydrogen-bond donors (Lipinski definition) is 2. The van der Waals surface area contributed by atoms with Crippen molar-refractivity contribution in [2.45, 2.75) is 19.8 Å². The number of carbonyl (C=O) groups is 2. The van der Waals surface area contributed by atoms with Gasteiger partial charge in [0.15, 0.2) is 0 Å². The van der Waals surface area contributed by atoms with Crippen molar-refractivity contribution >= 4 is 11.9 Å². The minimum absolute atomic E-state index is 0.0911. The average molecular weight is 209 g/mol. The second kappa shape index (κ2) is 4.54. The highest BCUT2D eigenvalue weighted by atomic mass is 16.4. The first-order chi connectivity index (χ1) is 6.99. The van der Waals surface area contributed by atoms with Crippen LogP contribution in [0.5, 0.6) is 0 Å². The average Bonchev–Trinajstić information content (AvgIpc) is 2.08. The smallest absolute Gasteiger partial charge is 0.309 e. The summed E-state index contributed by atoms with van der Waals surface area (Å²) < 4.78 is 0. The molecule has 0 bridgehead atoms. The van der Waals surface area contributed by atoms with Gasteiger partial charge in [0, 0.05) is 6.20 Å². The maximum absolute atomic E-state index is 10.5. The number of hydrogen-bond acceptors (Lipinski definition) is 3. The molecule has 5 heteroatoms. The van der Waals surface area contributed by atoms with E-state index in [1.165, 1.54) is 6.20 Å². The topological polar surface area (TPSA) is 87.5 Å². The number of rotatable bonds is 4. The van der Waals surface area contributed by atoms with E-state index in [1.807, 2.05) is 0 Å². The summed E-state index contributed by atoms with van der Waals surface area (Å²) in [5, 5.41) is 17.1. The van der Waals surface area contributed by atoms with E-state index in [0.717, 1.165) is 5.56 Å². The van der Waals surface area contributed by atoms with Crippen LogP contribution in [-0.2, 0) is 22.4 Å². The number of pyridine rings is 1. The van der Waals surface area contributed by atoms with E-state index in [-0.39, 0.29) is 12.8 Å². The molecule has 2 N–H and O–H groups in total. The maximum atomic E-state index is 10.5. The summed E-state index contributed by atoms with van der Waals surface area (Å²) >= 11 is 0. The fraction of sp³-hybridized carbons (Fsp3) is 0.300. The Morgan fingerprint density at radius 1 is 1.27 bits per heavy atom. The molecule has 0 unspecified atom stereocenters. The van der Waals surface area contributed by atoms with Crippen molar-refractivity contribution in [2.75, 3.05) is 0 Å². The number of aliphatic carboxylic acids is 2. The van der Waals surface area contributed by atoms with Crippen molar-refractivity contribution in [2.24, 2.45) is 0 Å². The van der Waals surface area contributed by atoms with Crippen LogP contribution < -0.4 is 0 Å². The lowest BCUT2D eigenvalue weighted by atomic mass is 10.1. The van der Waals surface area contributed by atoms with Gasteiger partial charge in [0.25, 0.3) is 0 Å². The van der Waals surface area contributed by atoms with Crippen LogP contribution in [0, 0.1) is 6.92 Å². The van der Waals surface area contributed by atoms with Crippen molar-refractivity contribution in [3.63, 3.8) is 0 Å². The van der Waals surface area contributed by atoms with Crippen molar-refractivity contribution in [1.29, 1.82) is 0 Å². The minimum atomic E-state index is -0.951. The molecule has 15 heavy (non-hydrogen) atoms. The van der Waals surface area contributed by atoms with E-state index in [0.29, 0.717) is 11.3 Å². The Morgan fingerprint density at radius 3 is 2.33 bits per heavy atom. The number of aryl methyl sites for hydroxylation is 1. The van der Waals surface area contributed by atoms with E-state index in [9.17, 15) is 9.59 Å². The summed E-state index contributed by atoms with van der Waals surface area (Å²) in [4.78, 5) is 24.8. The predicted molar refractivity (Wildman–Crippen MR) is 51.7 cm³/mol. The quantitative estimate of drug-likeness (QED) is 0.759. The molecule has 0 spiro atoms. The van der Waals surface area contributed by atoms with Gasteiger partial charge >= 0.3 is 11.9 Å². The van der Waals surface area contributed by atoms with E-state index in [1.54, 1.807) is 13.0 Å². The lowest BCUT2D eigenvalue weighted by Gasteiger charge is -2.04. The Hall–Kier alpha value is -1.91. The molecule has 0 fully saturated rings. The molecule has 0 aliphatic carbocycles. The Labute approximate surface area is 86.4 Å². The molecule has 80 valence electrons. The molecule has 0 radical (unpaired) electrons. The van der Waals surface area contributed by atoms with E-state index < -0.39 is 11.9 Å². The van der Waals surface area contributed by atoms with Crippen LogP contribution >= 0.6 is 0 Å². The highest BCUT2D eigenvalue weighted by Crippen LogP contribution is 2.09. The van der Waals surface area contributed by atoms with Gasteiger partial charge in [-0.2, -0.15) is 0 Å². The molecular weight excluding hydrogens is 198 g/mol. The summed E-state index contributed by atoms with van der Waals surface area (Å²) in [7, 11) is 0. The highest BCUT2D eigenvalue weighted by Gasteiger charge is 2.07. The minimum Gasteiger partial charge on any atom is -0.481 e. The first-order valence-electron chi connectivity index (χ1n) is 4.37. The number of carboxylic acids is 2. The maximum Gasteiger partial charge on any atom is 0.309 e. The Bertz CT molecular complexity index is 400. The molecule has 1 heterocycles. The Morgan fingerprint density at radius 2 is 1.87 bits per heavy atom. The third kappa shape index (κ3) is 3.38. The summed E-state index contributed by atoms with van der Waals surface area (Å²) in [5.74, 6) is -1.88. The number of carboxylic acid groups (broad SMARTS) is 2. The fourth-order valence-electron chi connectivity index (χ4n) is 1.24. The molecule has 0 aliphatic heterocycles. The third-order valence-electron chi connectivity index (χ3n) is 1.95. The zero-order valence-corrected chi connectivity index (χ0v) is 8.23. The summed E-state index contributed by atoms with van der Waals surface area (Å²) in [6.07, 6.45) is 1.18. The van der Waals surface area contributed by atoms with Crippen molar-refractivity contribution in [3.05, 3.63) is 29.1 Å². The van der Waals surface area contributed by atoms with E-state index in [2.05, 4.69) is 4.98 Å². The zero-order valence-electron chi connectivity index (χ0n) is 8.23. The lowest BCUT2D eigenvalue weighted by molar-refractivity contribution is -0.137. The monoisotopic (exact) mass is 209 g/mol. The van der Waals surface area contributed by atoms with Crippen LogP contribution in [0.3, 0.4) is 0 Å². The van der Waals surface area contributed by atoms with Gasteiger partial charge in [-0.1, -0.05) is 0 Å². The van der Waals surface area contributed by atoms with Crippen LogP contribution in [0.1, 0.15) is 16.8 Å². The molecular formula is C10H11NO4. The van der Waals surface area contributed by atoms with Gasteiger partial charge in [0.1, 0.15) is 0 Å². The van der Waals surface area contributed by atoms with Gasteiger partial charge < -0.3 is 10.2 Å². The van der Waals surface area contributed by atoms with Crippen LogP contribution in [0.25, 0.3) is 0 Å². The Kier molecular flexibility index (Phi) is 3.38. The zero-order chi connectivity index (χ0) is 11.4. The second-order valence-electron chi connectivity index (χ2n) is 3.24. The first kappa shape index (κ1) is 11.2. The van der Waals surface area contributed by atoms with Gasteiger partial charge in [-0.25, -0.2) is 0 Å². The molecule has 0 amide bonds. The normalized spacial score (nSPS) is 9.93. The van der Waals surface area contributed by atoms with E-state index >= 15 is 0 Å². The number of aromatic nitrogens is 1. The fourth-order valence-corrected chi connectivity index (χ4v) is 1.24. The molecule has 1 aromatic rings. The SMILES string of the molecule is Cc1cc(CC(=O)O)ncc1CC(=O)O. The van der Waals surface area contributed by atoms with Gasteiger partial charge in [-0.05, 0) is 24.1 Å². The summed E-state index contributed by atoms with van der Waals surface area (Å²) in [5.41, 5.74) is 1.80. The number of nitrogens with zero attached hydrogens (tertiary/aromatic N) is 1. The standard InChI is InChI=1S/C10H11NO4/c1-6-2-8(4-10(14)15)11-5-7(6)3-9(12)13/h2,5H,3-4H2,1H3,(H,12,13)(H,14,15). The van der Waals surface area contributed by atoms with Crippen molar-refractivity contribution in [3.8, 4) is 0 Å². The highest BCUT2D eigenvalue weighted by molar-refractivity contribution is 5.71. The predicted octanol–water partition coefficient (Wildman–Crippen LogP) is 0.644. The van der Waals surface area contributed by atoms with Gasteiger partial charge in [0.2, 0.25) is 0 Å². The summed E-state index contributed by atoms with van der Waals surface area (Å²) in [6, 6.07) is 1.60. The van der Waals surface area contributed by atoms with Crippen molar-refractivity contribution in [1.82, 2.24) is 4.98 Å². The van der Waals surface area contributed by atoms with Gasteiger partial charge in [-0.15, -0.1) is 0 Å². The van der Waals surface area contributed by atoms with E-state index in [4.69, 9.17) is 10.2 Å². The Balaban J connectivity index is 2.87. The molecule has 0 atom stereocenters. The molecule has 1 aromatic heterocycles. The van der Waals surface area contributed by atoms with Gasteiger partial charge in [0.05, 0.1) is 18.5 Å². The van der Waals surface area contributed by atoms with Crippen molar-refractivity contribution < 1.29 is 19.8 Å². The lowest BCUT2D eigenvalue weighted by Crippen LogP contribution is -2.06. The molecule has 5 nitrogen and oxygen atoms in total. The van der Waals surface area contributed by atoms with Crippen LogP contribution in [0.15, 0.2) is 12.3 Å². The molecule has 0 aromatic carbocycles.